The van der Waals surface area contributed by atoms with Crippen molar-refractivity contribution in [1.29, 1.82) is 0 Å². The van der Waals surface area contributed by atoms with Crippen molar-refractivity contribution in [3.63, 3.8) is 0 Å². The van der Waals surface area contributed by atoms with Crippen LogP contribution in [0.1, 0.15) is 29.8 Å². The van der Waals surface area contributed by atoms with Crippen LogP contribution in [0.2, 0.25) is 10.0 Å². The molecule has 1 aliphatic heterocycles. The van der Waals surface area contributed by atoms with Gasteiger partial charge in [0.15, 0.2) is 0 Å². The number of piperidine rings is 1. The lowest BCUT2D eigenvalue weighted by Crippen LogP contribution is -2.43. The van der Waals surface area contributed by atoms with Gasteiger partial charge in [-0.05, 0) is 44.9 Å². The van der Waals surface area contributed by atoms with Crippen molar-refractivity contribution in [3.05, 3.63) is 45.2 Å². The zero-order chi connectivity index (χ0) is 18.1. The molecule has 1 fully saturated rings. The van der Waals surface area contributed by atoms with Gasteiger partial charge in [0.05, 0.1) is 27.8 Å². The van der Waals surface area contributed by atoms with Crippen molar-refractivity contribution >= 4 is 29.1 Å². The van der Waals surface area contributed by atoms with Crippen LogP contribution in [0.3, 0.4) is 0 Å². The molecule has 1 saturated heterocycles. The van der Waals surface area contributed by atoms with E-state index in [9.17, 15) is 4.79 Å². The highest BCUT2D eigenvalue weighted by Gasteiger charge is 2.23. The molecule has 0 spiro atoms. The van der Waals surface area contributed by atoms with Crippen LogP contribution in [0.15, 0.2) is 18.2 Å². The standard InChI is InChI=1S/C18H22Cl2N4O/c1-11-15(10-18(25)23-7-5-13(21)6-8-23)12(2)24(22-11)14-3-4-16(19)17(20)9-14/h3-4,9,13H,5-8,10,21H2,1-2H3. The van der Waals surface area contributed by atoms with Crippen LogP contribution >= 0.6 is 23.2 Å². The number of hydrogen-bond donors (Lipinski definition) is 1. The molecule has 0 radical (unpaired) electrons. The maximum Gasteiger partial charge on any atom is 0.227 e. The normalized spacial score (nSPS) is 15.6. The van der Waals surface area contributed by atoms with Gasteiger partial charge in [-0.15, -0.1) is 0 Å². The summed E-state index contributed by atoms with van der Waals surface area (Å²) in [4.78, 5) is 14.5. The molecular weight excluding hydrogens is 359 g/mol. The molecule has 1 aromatic heterocycles. The minimum absolute atomic E-state index is 0.131. The monoisotopic (exact) mass is 380 g/mol. The summed E-state index contributed by atoms with van der Waals surface area (Å²) in [6, 6.07) is 5.61. The van der Waals surface area contributed by atoms with Gasteiger partial charge in [-0.25, -0.2) is 4.68 Å². The summed E-state index contributed by atoms with van der Waals surface area (Å²) in [6.07, 6.45) is 2.09. The Labute approximate surface area is 157 Å². The maximum absolute atomic E-state index is 12.6. The van der Waals surface area contributed by atoms with E-state index < -0.39 is 0 Å². The first-order valence-electron chi connectivity index (χ1n) is 8.40. The zero-order valence-electron chi connectivity index (χ0n) is 14.4. The van der Waals surface area contributed by atoms with Gasteiger partial charge >= 0.3 is 0 Å². The Hall–Kier alpha value is -1.56. The number of aromatic nitrogens is 2. The second kappa shape index (κ2) is 7.36. The molecule has 25 heavy (non-hydrogen) atoms. The third-order valence-corrected chi connectivity index (χ3v) is 5.55. The van der Waals surface area contributed by atoms with Crippen molar-refractivity contribution in [1.82, 2.24) is 14.7 Å². The summed E-state index contributed by atoms with van der Waals surface area (Å²) < 4.78 is 1.81. The van der Waals surface area contributed by atoms with E-state index in [4.69, 9.17) is 28.9 Å². The molecule has 0 unspecified atom stereocenters. The molecule has 134 valence electrons. The van der Waals surface area contributed by atoms with Gasteiger partial charge in [-0.1, -0.05) is 23.2 Å². The number of likely N-dealkylation sites (tertiary alicyclic amines) is 1. The number of carbonyl (C=O) groups is 1. The molecule has 1 amide bonds. The molecule has 0 atom stereocenters. The number of rotatable bonds is 3. The van der Waals surface area contributed by atoms with Gasteiger partial charge in [0, 0.05) is 30.4 Å². The van der Waals surface area contributed by atoms with Gasteiger partial charge in [-0.2, -0.15) is 5.10 Å². The molecular formula is C18H22Cl2N4O. The summed E-state index contributed by atoms with van der Waals surface area (Å²) in [5, 5.41) is 5.57. The molecule has 7 heteroatoms. The van der Waals surface area contributed by atoms with E-state index >= 15 is 0 Å². The van der Waals surface area contributed by atoms with Crippen LogP contribution in [-0.4, -0.2) is 39.7 Å². The molecule has 2 N–H and O–H groups in total. The van der Waals surface area contributed by atoms with Crippen molar-refractivity contribution in [2.45, 2.75) is 39.2 Å². The summed E-state index contributed by atoms with van der Waals surface area (Å²) in [5.41, 5.74) is 9.51. The molecule has 2 heterocycles. The van der Waals surface area contributed by atoms with E-state index in [0.717, 1.165) is 48.6 Å². The van der Waals surface area contributed by atoms with Gasteiger partial charge in [0.25, 0.3) is 0 Å². The molecule has 1 aromatic carbocycles. The van der Waals surface area contributed by atoms with Crippen LogP contribution < -0.4 is 5.73 Å². The summed E-state index contributed by atoms with van der Waals surface area (Å²) in [6.45, 7) is 5.37. The fourth-order valence-corrected chi connectivity index (χ4v) is 3.50. The highest BCUT2D eigenvalue weighted by atomic mass is 35.5. The zero-order valence-corrected chi connectivity index (χ0v) is 15.9. The van der Waals surface area contributed by atoms with Crippen molar-refractivity contribution < 1.29 is 4.79 Å². The summed E-state index contributed by atoms with van der Waals surface area (Å²) >= 11 is 12.1. The Morgan fingerprint density at radius 1 is 1.24 bits per heavy atom. The van der Waals surface area contributed by atoms with Crippen molar-refractivity contribution in [2.75, 3.05) is 13.1 Å². The number of amides is 1. The number of nitrogens with two attached hydrogens (primary N) is 1. The van der Waals surface area contributed by atoms with Crippen LogP contribution in [0.25, 0.3) is 5.69 Å². The Kier molecular flexibility index (Phi) is 5.37. The Balaban J connectivity index is 1.82. The molecule has 3 rings (SSSR count). The van der Waals surface area contributed by atoms with Crippen LogP contribution in [0.4, 0.5) is 0 Å². The van der Waals surface area contributed by atoms with Crippen molar-refractivity contribution in [3.8, 4) is 5.69 Å². The average molecular weight is 381 g/mol. The highest BCUT2D eigenvalue weighted by Crippen LogP contribution is 2.26. The number of carbonyl (C=O) groups excluding carboxylic acids is 1. The van der Waals surface area contributed by atoms with Crippen LogP contribution in [-0.2, 0) is 11.2 Å². The topological polar surface area (TPSA) is 64.2 Å². The van der Waals surface area contributed by atoms with Crippen LogP contribution in [0.5, 0.6) is 0 Å². The third kappa shape index (κ3) is 3.84. The quantitative estimate of drug-likeness (QED) is 0.888. The largest absolute Gasteiger partial charge is 0.342 e. The van der Waals surface area contributed by atoms with Crippen molar-refractivity contribution in [2.24, 2.45) is 5.73 Å². The second-order valence-electron chi connectivity index (χ2n) is 6.55. The van der Waals surface area contributed by atoms with E-state index in [0.29, 0.717) is 16.5 Å². The fourth-order valence-electron chi connectivity index (χ4n) is 3.21. The Morgan fingerprint density at radius 2 is 1.92 bits per heavy atom. The Bertz CT molecular complexity index is 795. The third-order valence-electron chi connectivity index (χ3n) is 4.81. The predicted molar refractivity (Wildman–Crippen MR) is 101 cm³/mol. The number of aryl methyl sites for hydroxylation is 1. The summed E-state index contributed by atoms with van der Waals surface area (Å²) in [5.74, 6) is 0.131. The molecule has 0 aliphatic carbocycles. The molecule has 1 aliphatic rings. The first kappa shape index (κ1) is 18.2. The molecule has 0 bridgehead atoms. The maximum atomic E-state index is 12.6. The average Bonchev–Trinajstić information content (AvgIpc) is 2.86. The number of hydrogen-bond acceptors (Lipinski definition) is 3. The minimum Gasteiger partial charge on any atom is -0.342 e. The van der Waals surface area contributed by atoms with E-state index in [1.807, 2.05) is 29.5 Å². The highest BCUT2D eigenvalue weighted by molar-refractivity contribution is 6.42. The van der Waals surface area contributed by atoms with Gasteiger partial charge in [0.1, 0.15) is 0 Å². The first-order valence-corrected chi connectivity index (χ1v) is 9.16. The lowest BCUT2D eigenvalue weighted by Gasteiger charge is -2.30. The first-order chi connectivity index (χ1) is 11.9. The number of nitrogens with zero attached hydrogens (tertiary/aromatic N) is 3. The van der Waals surface area contributed by atoms with Gasteiger partial charge in [-0.3, -0.25) is 4.79 Å². The van der Waals surface area contributed by atoms with Crippen LogP contribution in [0, 0.1) is 13.8 Å². The Morgan fingerprint density at radius 3 is 2.56 bits per heavy atom. The smallest absolute Gasteiger partial charge is 0.227 e. The number of halogens is 2. The van der Waals surface area contributed by atoms with Gasteiger partial charge in [0.2, 0.25) is 5.91 Å². The van der Waals surface area contributed by atoms with E-state index in [1.165, 1.54) is 0 Å². The van der Waals surface area contributed by atoms with Gasteiger partial charge < -0.3 is 10.6 Å². The SMILES string of the molecule is Cc1nn(-c2ccc(Cl)c(Cl)c2)c(C)c1CC(=O)N1CCC(N)CC1. The molecule has 0 saturated carbocycles. The lowest BCUT2D eigenvalue weighted by molar-refractivity contribution is -0.131. The predicted octanol–water partition coefficient (Wildman–Crippen LogP) is 3.29. The minimum atomic E-state index is 0.131. The fraction of sp³-hybridized carbons (Fsp3) is 0.444. The second-order valence-corrected chi connectivity index (χ2v) is 7.37. The lowest BCUT2D eigenvalue weighted by atomic mass is 10.0. The van der Waals surface area contributed by atoms with E-state index in [1.54, 1.807) is 12.1 Å². The molecule has 5 nitrogen and oxygen atoms in total. The summed E-state index contributed by atoms with van der Waals surface area (Å²) in [7, 11) is 0. The van der Waals surface area contributed by atoms with E-state index in [2.05, 4.69) is 5.10 Å². The molecule has 2 aromatic rings. The number of benzene rings is 1. The van der Waals surface area contributed by atoms with E-state index in [-0.39, 0.29) is 11.9 Å².